The van der Waals surface area contributed by atoms with Gasteiger partial charge < -0.3 is 0 Å². The second-order valence-electron chi connectivity index (χ2n) is 11.6. The number of rotatable bonds is 3. The van der Waals surface area contributed by atoms with E-state index < -0.39 is 18.1 Å². The van der Waals surface area contributed by atoms with Crippen LogP contribution in [0.25, 0.3) is 50.5 Å². The number of hydrogen-bond donors (Lipinski definition) is 0. The van der Waals surface area contributed by atoms with E-state index in [4.69, 9.17) is 21.8 Å². The van der Waals surface area contributed by atoms with Gasteiger partial charge in [0, 0.05) is 33.7 Å². The van der Waals surface area contributed by atoms with Gasteiger partial charge in [0.1, 0.15) is 0 Å². The third kappa shape index (κ3) is 3.45. The zero-order chi connectivity index (χ0) is 33.8. The highest BCUT2D eigenvalue weighted by Crippen LogP contribution is 2.58. The van der Waals surface area contributed by atoms with Crippen LogP contribution < -0.4 is 0 Å². The molecule has 0 N–H and O–H groups in total. The van der Waals surface area contributed by atoms with E-state index in [2.05, 4.69) is 78.9 Å². The monoisotopic (exact) mass is 579 g/mol. The minimum absolute atomic E-state index is 0.0108. The van der Waals surface area contributed by atoms with E-state index in [-0.39, 0.29) is 35.3 Å². The van der Waals surface area contributed by atoms with Gasteiger partial charge in [0.05, 0.1) is 17.9 Å². The molecule has 2 aromatic heterocycles. The molecular formula is C41H26N4. The molecule has 11 rings (SSSR count). The van der Waals surface area contributed by atoms with Crippen molar-refractivity contribution >= 4 is 21.8 Å². The van der Waals surface area contributed by atoms with E-state index in [0.29, 0.717) is 17.3 Å². The molecule has 4 nitrogen and oxygen atoms in total. The zero-order valence-electron chi connectivity index (χ0n) is 28.9. The molecule has 210 valence electrons. The first-order valence-electron chi connectivity index (χ1n) is 17.5. The summed E-state index contributed by atoms with van der Waals surface area (Å²) < 4.78 is 44.4. The molecule has 2 heterocycles. The van der Waals surface area contributed by atoms with E-state index >= 15 is 0 Å². The van der Waals surface area contributed by atoms with Crippen molar-refractivity contribution in [3.8, 4) is 28.7 Å². The minimum atomic E-state index is -0.467. The van der Waals surface area contributed by atoms with Crippen molar-refractivity contribution < 1.29 is 6.85 Å². The molecule has 3 aliphatic carbocycles. The second-order valence-corrected chi connectivity index (χ2v) is 11.6. The van der Waals surface area contributed by atoms with Crippen LogP contribution in [0, 0.1) is 0 Å². The molecule has 2 bridgehead atoms. The van der Waals surface area contributed by atoms with Gasteiger partial charge in [-0.25, -0.2) is 4.98 Å². The quantitative estimate of drug-likeness (QED) is 0.210. The van der Waals surface area contributed by atoms with Gasteiger partial charge in [-0.3, -0.25) is 4.57 Å². The predicted octanol–water partition coefficient (Wildman–Crippen LogP) is 9.29. The van der Waals surface area contributed by atoms with Crippen molar-refractivity contribution in [3.63, 3.8) is 0 Å². The summed E-state index contributed by atoms with van der Waals surface area (Å²) >= 11 is 0. The Bertz CT molecular complexity index is 2660. The Morgan fingerprint density at radius 2 is 1.09 bits per heavy atom. The molecule has 0 amide bonds. The Kier molecular flexibility index (Phi) is 4.17. The molecule has 45 heavy (non-hydrogen) atoms. The summed E-state index contributed by atoms with van der Waals surface area (Å²) in [5, 5.41) is 2.19. The number of fused-ring (bicyclic) bond motifs is 3. The number of hydrogen-bond acceptors (Lipinski definition) is 3. The topological polar surface area (TPSA) is 43.6 Å². The lowest BCUT2D eigenvalue weighted by Crippen LogP contribution is -2.27. The van der Waals surface area contributed by atoms with Gasteiger partial charge in [-0.15, -0.1) is 0 Å². The normalized spacial score (nSPS) is 17.6. The largest absolute Gasteiger partial charge is 0.278 e. The molecule has 0 spiro atoms. The van der Waals surface area contributed by atoms with Crippen molar-refractivity contribution in [3.05, 3.63) is 179 Å². The van der Waals surface area contributed by atoms with Crippen LogP contribution in [0.15, 0.2) is 145 Å². The van der Waals surface area contributed by atoms with Gasteiger partial charge >= 0.3 is 0 Å². The highest BCUT2D eigenvalue weighted by Gasteiger charge is 2.42. The van der Waals surface area contributed by atoms with Gasteiger partial charge in [-0.05, 0) is 45.5 Å². The molecule has 0 unspecified atom stereocenters. The highest BCUT2D eigenvalue weighted by molar-refractivity contribution is 6.12. The van der Waals surface area contributed by atoms with E-state index in [1.807, 2.05) is 41.0 Å². The molecular weight excluding hydrogens is 548 g/mol. The van der Waals surface area contributed by atoms with Crippen LogP contribution in [0.3, 0.4) is 0 Å². The smallest absolute Gasteiger partial charge is 0.238 e. The number of benzene rings is 6. The number of aromatic nitrogens is 4. The van der Waals surface area contributed by atoms with Crippen LogP contribution in [0.5, 0.6) is 0 Å². The number of nitrogens with zero attached hydrogens (tertiary/aromatic N) is 4. The Morgan fingerprint density at radius 1 is 0.489 bits per heavy atom. The fraction of sp³-hybridized carbons (Fsp3) is 0.0488. The van der Waals surface area contributed by atoms with Crippen LogP contribution in [0.4, 0.5) is 0 Å². The Labute approximate surface area is 267 Å². The second kappa shape index (κ2) is 9.31. The van der Waals surface area contributed by atoms with Gasteiger partial charge in [-0.1, -0.05) is 133 Å². The van der Waals surface area contributed by atoms with Crippen LogP contribution >= 0.6 is 0 Å². The standard InChI is InChI=1S/C41H26N4/c1-3-13-25(14-4-1)39-42-40(26-15-5-2-6-16-26)44-41(43-39)45-33-22-12-11-21-31(33)37-34(45)24-23-32-35-27-17-7-9-19-29(27)36(38(32)37)30-20-10-8-18-28(30)35/h1-24,35-36H/i1D,3D,4D,13D,14D. The first-order chi connectivity index (χ1) is 24.4. The van der Waals surface area contributed by atoms with Gasteiger partial charge in [0.25, 0.3) is 0 Å². The molecule has 4 heteroatoms. The molecule has 3 aliphatic rings. The highest BCUT2D eigenvalue weighted by atomic mass is 15.2. The van der Waals surface area contributed by atoms with Crippen molar-refractivity contribution in [2.45, 2.75) is 11.8 Å². The van der Waals surface area contributed by atoms with Crippen LogP contribution in [-0.2, 0) is 0 Å². The third-order valence-electron chi connectivity index (χ3n) is 9.33. The average molecular weight is 580 g/mol. The maximum absolute atomic E-state index is 8.75. The van der Waals surface area contributed by atoms with Crippen molar-refractivity contribution in [2.24, 2.45) is 0 Å². The molecule has 0 saturated heterocycles. The lowest BCUT2D eigenvalue weighted by Gasteiger charge is -2.42. The Morgan fingerprint density at radius 3 is 1.80 bits per heavy atom. The van der Waals surface area contributed by atoms with Crippen LogP contribution in [0.2, 0.25) is 0 Å². The summed E-state index contributed by atoms with van der Waals surface area (Å²) in [5.41, 5.74) is 10.4. The van der Waals surface area contributed by atoms with Crippen molar-refractivity contribution in [1.29, 1.82) is 0 Å². The molecule has 0 aliphatic heterocycles. The first-order valence-corrected chi connectivity index (χ1v) is 15.0. The first kappa shape index (κ1) is 20.2. The Balaban J connectivity index is 1.30. The molecule has 0 atom stereocenters. The van der Waals surface area contributed by atoms with Gasteiger partial charge in [-0.2, -0.15) is 9.97 Å². The van der Waals surface area contributed by atoms with E-state index in [1.165, 1.54) is 33.4 Å². The maximum atomic E-state index is 8.75. The Hall–Kier alpha value is -5.87. The third-order valence-corrected chi connectivity index (χ3v) is 9.33. The summed E-state index contributed by atoms with van der Waals surface area (Å²) in [6.07, 6.45) is 0. The lowest BCUT2D eigenvalue weighted by molar-refractivity contribution is 0.761. The van der Waals surface area contributed by atoms with Gasteiger partial charge in [0.15, 0.2) is 11.6 Å². The summed E-state index contributed by atoms with van der Waals surface area (Å²) in [6.45, 7) is 0. The predicted molar refractivity (Wildman–Crippen MR) is 180 cm³/mol. The summed E-state index contributed by atoms with van der Waals surface area (Å²) in [4.78, 5) is 14.6. The molecule has 0 radical (unpaired) electrons. The summed E-state index contributed by atoms with van der Waals surface area (Å²) in [5.74, 6) is 0.810. The number of para-hydroxylation sites is 1. The minimum Gasteiger partial charge on any atom is -0.278 e. The fourth-order valence-electron chi connectivity index (χ4n) is 7.59. The van der Waals surface area contributed by atoms with Crippen molar-refractivity contribution in [1.82, 2.24) is 19.5 Å². The molecule has 6 aromatic carbocycles. The zero-order valence-corrected chi connectivity index (χ0v) is 23.9. The fourth-order valence-corrected chi connectivity index (χ4v) is 7.59. The van der Waals surface area contributed by atoms with Crippen LogP contribution in [-0.4, -0.2) is 19.5 Å². The van der Waals surface area contributed by atoms with E-state index in [0.717, 1.165) is 21.8 Å². The molecule has 0 saturated carbocycles. The average Bonchev–Trinajstić information content (AvgIpc) is 3.51. The summed E-state index contributed by atoms with van der Waals surface area (Å²) in [7, 11) is 0. The maximum Gasteiger partial charge on any atom is 0.238 e. The summed E-state index contributed by atoms with van der Waals surface area (Å²) in [6, 6.07) is 37.6. The van der Waals surface area contributed by atoms with E-state index in [1.54, 1.807) is 0 Å². The SMILES string of the molecule is [2H]c1c([2H])c([2H])c(-c2nc(-c3ccccc3)nc(-n3c4ccccc4c4c5c(ccc43)C3c4ccccc4C5c4ccccc43)n2)c([2H])c1[2H]. The van der Waals surface area contributed by atoms with E-state index in [9.17, 15) is 0 Å². The van der Waals surface area contributed by atoms with Gasteiger partial charge in [0.2, 0.25) is 5.95 Å². The molecule has 0 fully saturated rings. The van der Waals surface area contributed by atoms with Crippen LogP contribution in [0.1, 0.15) is 52.1 Å². The van der Waals surface area contributed by atoms with Crippen molar-refractivity contribution in [2.75, 3.05) is 0 Å². The molecule has 8 aromatic rings. The lowest BCUT2D eigenvalue weighted by atomic mass is 9.60.